The predicted molar refractivity (Wildman–Crippen MR) is 104 cm³/mol. The summed E-state index contributed by atoms with van der Waals surface area (Å²) < 4.78 is 4.91. The normalized spacial score (nSPS) is 15.6. The van der Waals surface area contributed by atoms with Gasteiger partial charge < -0.3 is 20.3 Å². The Balaban J connectivity index is 1.92. The maximum atomic E-state index is 12.5. The fraction of sp³-hybridized carbons (Fsp3) is 0.600. The van der Waals surface area contributed by atoms with Crippen LogP contribution in [0.25, 0.3) is 0 Å². The molecule has 1 aliphatic rings. The van der Waals surface area contributed by atoms with Crippen molar-refractivity contribution in [2.45, 2.75) is 33.6 Å². The number of amides is 2. The molecule has 1 aromatic carbocycles. The van der Waals surface area contributed by atoms with Crippen LogP contribution in [0.1, 0.15) is 33.6 Å². The van der Waals surface area contributed by atoms with Crippen molar-refractivity contribution >= 4 is 23.2 Å². The van der Waals surface area contributed by atoms with Crippen molar-refractivity contribution in [1.29, 1.82) is 0 Å². The summed E-state index contributed by atoms with van der Waals surface area (Å²) in [6.45, 7) is 8.48. The van der Waals surface area contributed by atoms with E-state index in [4.69, 9.17) is 4.74 Å². The van der Waals surface area contributed by atoms with Crippen molar-refractivity contribution < 1.29 is 14.3 Å². The number of rotatable bonds is 7. The molecule has 0 saturated carbocycles. The van der Waals surface area contributed by atoms with Gasteiger partial charge in [-0.1, -0.05) is 6.92 Å². The Morgan fingerprint density at radius 1 is 1.15 bits per heavy atom. The zero-order valence-corrected chi connectivity index (χ0v) is 16.3. The van der Waals surface area contributed by atoms with Gasteiger partial charge in [0.1, 0.15) is 5.41 Å². The summed E-state index contributed by atoms with van der Waals surface area (Å²) in [5.74, 6) is 0.153. The lowest BCUT2D eigenvalue weighted by atomic mass is 9.91. The summed E-state index contributed by atoms with van der Waals surface area (Å²) in [5, 5.41) is 5.56. The van der Waals surface area contributed by atoms with E-state index in [9.17, 15) is 9.59 Å². The molecular formula is C20H31N3O3. The number of carbonyl (C=O) groups excluding carboxylic acids is 2. The van der Waals surface area contributed by atoms with Crippen molar-refractivity contribution in [3.05, 3.63) is 24.3 Å². The van der Waals surface area contributed by atoms with Gasteiger partial charge in [0.2, 0.25) is 11.8 Å². The van der Waals surface area contributed by atoms with Crippen molar-refractivity contribution in [2.75, 3.05) is 43.6 Å². The van der Waals surface area contributed by atoms with E-state index < -0.39 is 5.41 Å². The molecule has 26 heavy (non-hydrogen) atoms. The molecule has 1 fully saturated rings. The average molecular weight is 361 g/mol. The van der Waals surface area contributed by atoms with Crippen LogP contribution in [0.2, 0.25) is 0 Å². The molecule has 0 radical (unpaired) electrons. The molecule has 2 rings (SSSR count). The van der Waals surface area contributed by atoms with Crippen LogP contribution in [0.4, 0.5) is 11.4 Å². The SMILES string of the molecule is COCCNC(=O)C(C)(C)C(=O)Nc1ccc(N2CCC(C)CC2)cc1. The van der Waals surface area contributed by atoms with Crippen LogP contribution in [0.5, 0.6) is 0 Å². The van der Waals surface area contributed by atoms with Gasteiger partial charge in [0.05, 0.1) is 6.61 Å². The van der Waals surface area contributed by atoms with Crippen molar-refractivity contribution in [3.8, 4) is 0 Å². The Morgan fingerprint density at radius 3 is 2.35 bits per heavy atom. The first-order valence-electron chi connectivity index (χ1n) is 9.28. The molecule has 6 nitrogen and oxygen atoms in total. The molecule has 0 bridgehead atoms. The number of nitrogens with one attached hydrogen (secondary N) is 2. The van der Waals surface area contributed by atoms with Gasteiger partial charge in [-0.15, -0.1) is 0 Å². The van der Waals surface area contributed by atoms with Gasteiger partial charge in [-0.2, -0.15) is 0 Å². The van der Waals surface area contributed by atoms with Gasteiger partial charge in [-0.05, 0) is 56.9 Å². The standard InChI is InChI=1S/C20H31N3O3/c1-15-9-12-23(13-10-15)17-7-5-16(6-8-17)22-19(25)20(2,3)18(24)21-11-14-26-4/h5-8,15H,9-14H2,1-4H3,(H,21,24)(H,22,25). The first-order valence-corrected chi connectivity index (χ1v) is 9.28. The third kappa shape index (κ3) is 5.21. The van der Waals surface area contributed by atoms with E-state index in [1.807, 2.05) is 24.3 Å². The topological polar surface area (TPSA) is 70.7 Å². The van der Waals surface area contributed by atoms with Crippen molar-refractivity contribution in [3.63, 3.8) is 0 Å². The summed E-state index contributed by atoms with van der Waals surface area (Å²) in [6.07, 6.45) is 2.43. The zero-order valence-electron chi connectivity index (χ0n) is 16.3. The zero-order chi connectivity index (χ0) is 19.2. The number of methoxy groups -OCH3 is 1. The number of nitrogens with zero attached hydrogens (tertiary/aromatic N) is 1. The van der Waals surface area contributed by atoms with Crippen LogP contribution in [-0.2, 0) is 14.3 Å². The lowest BCUT2D eigenvalue weighted by molar-refractivity contribution is -0.138. The van der Waals surface area contributed by atoms with Crippen LogP contribution in [0.3, 0.4) is 0 Å². The highest BCUT2D eigenvalue weighted by atomic mass is 16.5. The van der Waals surface area contributed by atoms with E-state index >= 15 is 0 Å². The highest BCUT2D eigenvalue weighted by Crippen LogP contribution is 2.25. The van der Waals surface area contributed by atoms with E-state index in [2.05, 4.69) is 22.5 Å². The quantitative estimate of drug-likeness (QED) is 0.579. The van der Waals surface area contributed by atoms with E-state index in [1.165, 1.54) is 18.5 Å². The molecule has 2 N–H and O–H groups in total. The molecule has 0 unspecified atom stereocenters. The predicted octanol–water partition coefficient (Wildman–Crippen LogP) is 2.65. The summed E-state index contributed by atoms with van der Waals surface area (Å²) in [6, 6.07) is 7.84. The van der Waals surface area contributed by atoms with E-state index in [0.717, 1.165) is 19.0 Å². The number of piperidine rings is 1. The number of benzene rings is 1. The molecule has 0 aliphatic carbocycles. The van der Waals surface area contributed by atoms with E-state index in [1.54, 1.807) is 21.0 Å². The molecule has 1 aliphatic heterocycles. The molecule has 0 spiro atoms. The minimum atomic E-state index is -1.16. The second kappa shape index (κ2) is 9.03. The monoisotopic (exact) mass is 361 g/mol. The van der Waals surface area contributed by atoms with Gasteiger partial charge in [-0.25, -0.2) is 0 Å². The molecule has 2 amide bonds. The lowest BCUT2D eigenvalue weighted by Gasteiger charge is -2.32. The van der Waals surface area contributed by atoms with E-state index in [0.29, 0.717) is 18.8 Å². The maximum Gasteiger partial charge on any atom is 0.239 e. The Morgan fingerprint density at radius 2 is 1.77 bits per heavy atom. The number of ether oxygens (including phenoxy) is 1. The molecule has 6 heteroatoms. The third-order valence-corrected chi connectivity index (χ3v) is 5.00. The van der Waals surface area contributed by atoms with Gasteiger partial charge >= 0.3 is 0 Å². The van der Waals surface area contributed by atoms with Crippen LogP contribution < -0.4 is 15.5 Å². The minimum Gasteiger partial charge on any atom is -0.383 e. The third-order valence-electron chi connectivity index (χ3n) is 5.00. The second-order valence-electron chi connectivity index (χ2n) is 7.54. The van der Waals surface area contributed by atoms with Crippen molar-refractivity contribution in [2.24, 2.45) is 11.3 Å². The fourth-order valence-electron chi connectivity index (χ4n) is 2.90. The summed E-state index contributed by atoms with van der Waals surface area (Å²) in [5.41, 5.74) is 0.712. The number of anilines is 2. The van der Waals surface area contributed by atoms with Crippen LogP contribution in [0.15, 0.2) is 24.3 Å². The van der Waals surface area contributed by atoms with Gasteiger partial charge in [0, 0.05) is 38.1 Å². The van der Waals surface area contributed by atoms with Gasteiger partial charge in [0.15, 0.2) is 0 Å². The lowest BCUT2D eigenvalue weighted by Crippen LogP contribution is -2.45. The Kier molecular flexibility index (Phi) is 7.03. The summed E-state index contributed by atoms with van der Waals surface area (Å²) in [7, 11) is 1.57. The molecule has 1 heterocycles. The molecule has 1 saturated heterocycles. The minimum absolute atomic E-state index is 0.314. The van der Waals surface area contributed by atoms with Gasteiger partial charge in [0.25, 0.3) is 0 Å². The molecule has 0 aromatic heterocycles. The summed E-state index contributed by atoms with van der Waals surface area (Å²) in [4.78, 5) is 27.1. The largest absolute Gasteiger partial charge is 0.383 e. The van der Waals surface area contributed by atoms with E-state index in [-0.39, 0.29) is 11.8 Å². The first kappa shape index (κ1) is 20.2. The molecule has 0 atom stereocenters. The smallest absolute Gasteiger partial charge is 0.239 e. The van der Waals surface area contributed by atoms with Crippen LogP contribution in [-0.4, -0.2) is 45.2 Å². The Bertz CT molecular complexity index is 605. The Hall–Kier alpha value is -2.08. The first-order chi connectivity index (χ1) is 12.3. The van der Waals surface area contributed by atoms with Crippen LogP contribution >= 0.6 is 0 Å². The van der Waals surface area contributed by atoms with Gasteiger partial charge in [-0.3, -0.25) is 9.59 Å². The number of hydrogen-bond acceptors (Lipinski definition) is 4. The Labute approximate surface area is 156 Å². The maximum absolute atomic E-state index is 12.5. The molecular weight excluding hydrogens is 330 g/mol. The molecule has 144 valence electrons. The van der Waals surface area contributed by atoms with Crippen molar-refractivity contribution in [1.82, 2.24) is 5.32 Å². The second-order valence-corrected chi connectivity index (χ2v) is 7.54. The highest BCUT2D eigenvalue weighted by molar-refractivity contribution is 6.09. The summed E-state index contributed by atoms with van der Waals surface area (Å²) >= 11 is 0. The highest BCUT2D eigenvalue weighted by Gasteiger charge is 2.35. The average Bonchev–Trinajstić information content (AvgIpc) is 2.63. The molecule has 1 aromatic rings. The number of carbonyl (C=O) groups is 2. The van der Waals surface area contributed by atoms with Crippen LogP contribution in [0, 0.1) is 11.3 Å². The number of hydrogen-bond donors (Lipinski definition) is 2. The fourth-order valence-corrected chi connectivity index (χ4v) is 2.90.